The maximum Gasteiger partial charge on any atom is 0.238 e. The van der Waals surface area contributed by atoms with Gasteiger partial charge in [-0.15, -0.1) is 11.3 Å². The van der Waals surface area contributed by atoms with Gasteiger partial charge >= 0.3 is 0 Å². The Hall–Kier alpha value is -1.77. The lowest BCUT2D eigenvalue weighted by molar-refractivity contribution is -0.116. The summed E-state index contributed by atoms with van der Waals surface area (Å²) in [4.78, 5) is 17.1. The molecule has 23 heavy (non-hydrogen) atoms. The van der Waals surface area contributed by atoms with E-state index in [9.17, 15) is 13.2 Å². The molecule has 0 unspecified atom stereocenters. The summed E-state index contributed by atoms with van der Waals surface area (Å²) >= 11 is 1.43. The number of rotatable bonds is 6. The molecule has 0 atom stereocenters. The second kappa shape index (κ2) is 7.20. The highest BCUT2D eigenvalue weighted by atomic mass is 32.2. The summed E-state index contributed by atoms with van der Waals surface area (Å²) in [5, 5.41) is 8.47. The third-order valence-corrected chi connectivity index (χ3v) is 5.23. The van der Waals surface area contributed by atoms with Crippen molar-refractivity contribution in [1.29, 1.82) is 0 Å². The van der Waals surface area contributed by atoms with E-state index in [4.69, 9.17) is 5.14 Å². The van der Waals surface area contributed by atoms with Gasteiger partial charge in [-0.3, -0.25) is 4.79 Å². The van der Waals surface area contributed by atoms with Gasteiger partial charge in [0.2, 0.25) is 15.9 Å². The first kappa shape index (κ1) is 17.6. The van der Waals surface area contributed by atoms with Crippen molar-refractivity contribution in [2.75, 3.05) is 5.32 Å². The molecule has 0 radical (unpaired) electrons. The first-order valence-electron chi connectivity index (χ1n) is 7.17. The molecular formula is C15H19N3O3S2. The number of anilines is 1. The van der Waals surface area contributed by atoms with Gasteiger partial charge in [0.05, 0.1) is 10.6 Å². The predicted octanol–water partition coefficient (Wildman–Crippen LogP) is 2.43. The zero-order valence-corrected chi connectivity index (χ0v) is 14.6. The number of sulfonamides is 1. The Balaban J connectivity index is 2.11. The minimum Gasteiger partial charge on any atom is -0.302 e. The van der Waals surface area contributed by atoms with Crippen LogP contribution >= 0.6 is 11.3 Å². The van der Waals surface area contributed by atoms with E-state index in [-0.39, 0.29) is 10.8 Å². The quantitative estimate of drug-likeness (QED) is 0.832. The Morgan fingerprint density at radius 2 is 1.96 bits per heavy atom. The lowest BCUT2D eigenvalue weighted by Crippen LogP contribution is -2.11. The van der Waals surface area contributed by atoms with Gasteiger partial charge in [0.1, 0.15) is 0 Å². The molecule has 0 fully saturated rings. The number of nitrogens with zero attached hydrogens (tertiary/aromatic N) is 1. The fourth-order valence-corrected chi connectivity index (χ4v) is 3.57. The van der Waals surface area contributed by atoms with Crippen LogP contribution in [0.5, 0.6) is 0 Å². The average Bonchev–Trinajstić information content (AvgIpc) is 2.78. The van der Waals surface area contributed by atoms with E-state index in [1.54, 1.807) is 12.1 Å². The van der Waals surface area contributed by atoms with E-state index in [1.165, 1.54) is 23.5 Å². The maximum absolute atomic E-state index is 11.6. The molecule has 0 aliphatic rings. The molecule has 6 nitrogen and oxygen atoms in total. The Kier molecular flexibility index (Phi) is 5.51. The van der Waals surface area contributed by atoms with Crippen LogP contribution in [0.2, 0.25) is 0 Å². The second-order valence-electron chi connectivity index (χ2n) is 5.19. The van der Waals surface area contributed by atoms with Crippen LogP contribution < -0.4 is 10.5 Å². The van der Waals surface area contributed by atoms with Crippen molar-refractivity contribution >= 4 is 32.4 Å². The van der Waals surface area contributed by atoms with Crippen molar-refractivity contribution in [3.8, 4) is 0 Å². The van der Waals surface area contributed by atoms with Gasteiger partial charge in [0.15, 0.2) is 5.13 Å². The molecule has 0 spiro atoms. The highest BCUT2D eigenvalue weighted by Gasteiger charge is 2.12. The molecule has 0 aliphatic carbocycles. The van der Waals surface area contributed by atoms with Crippen LogP contribution in [-0.2, 0) is 21.2 Å². The normalized spacial score (nSPS) is 11.4. The molecule has 124 valence electrons. The van der Waals surface area contributed by atoms with E-state index < -0.39 is 10.0 Å². The van der Waals surface area contributed by atoms with Crippen molar-refractivity contribution in [2.24, 2.45) is 5.14 Å². The number of carbonyl (C=O) groups excluding carboxylic acids is 1. The minimum atomic E-state index is -3.67. The zero-order valence-electron chi connectivity index (χ0n) is 13.0. The molecule has 8 heteroatoms. The number of hydrogen-bond acceptors (Lipinski definition) is 5. The van der Waals surface area contributed by atoms with Crippen LogP contribution in [0.25, 0.3) is 0 Å². The number of nitrogens with one attached hydrogen (secondary N) is 1. The summed E-state index contributed by atoms with van der Waals surface area (Å²) in [5.41, 5.74) is 1.81. The van der Waals surface area contributed by atoms with Gasteiger partial charge in [0.25, 0.3) is 0 Å². The molecule has 0 bridgehead atoms. The number of amides is 1. The molecule has 1 aromatic carbocycles. The summed E-state index contributed by atoms with van der Waals surface area (Å²) in [6.45, 7) is 3.84. The molecule has 0 saturated carbocycles. The van der Waals surface area contributed by atoms with Crippen LogP contribution in [0, 0.1) is 6.92 Å². The van der Waals surface area contributed by atoms with Crippen molar-refractivity contribution in [2.45, 2.75) is 38.0 Å². The smallest absolute Gasteiger partial charge is 0.238 e. The molecule has 1 aromatic heterocycles. The van der Waals surface area contributed by atoms with E-state index in [0.29, 0.717) is 18.0 Å². The lowest BCUT2D eigenvalue weighted by Gasteiger charge is -2.02. The van der Waals surface area contributed by atoms with Gasteiger partial charge in [-0.2, -0.15) is 0 Å². The van der Waals surface area contributed by atoms with E-state index >= 15 is 0 Å². The number of hydrogen-bond donors (Lipinski definition) is 2. The van der Waals surface area contributed by atoms with Crippen LogP contribution in [0.4, 0.5) is 5.13 Å². The third kappa shape index (κ3) is 4.85. The first-order chi connectivity index (χ1) is 10.8. The molecule has 1 amide bonds. The topological polar surface area (TPSA) is 102 Å². The van der Waals surface area contributed by atoms with Gasteiger partial charge < -0.3 is 5.32 Å². The summed E-state index contributed by atoms with van der Waals surface area (Å²) < 4.78 is 22.5. The fourth-order valence-electron chi connectivity index (χ4n) is 2.04. The largest absolute Gasteiger partial charge is 0.302 e. The second-order valence-corrected chi connectivity index (χ2v) is 7.84. The summed E-state index contributed by atoms with van der Waals surface area (Å²) in [6.07, 6.45) is 1.89. The van der Waals surface area contributed by atoms with Crippen LogP contribution in [0.3, 0.4) is 0 Å². The Morgan fingerprint density at radius 3 is 2.52 bits per heavy atom. The zero-order chi connectivity index (χ0) is 17.0. The standard InChI is InChI=1S/C15H19N3O3S2/c1-3-4-14(19)18-15-17-10(2)13(22-15)9-11-5-7-12(8-6-11)23(16,20)21/h5-8H,3-4,9H2,1-2H3,(H2,16,20,21)(H,17,18,19). The van der Waals surface area contributed by atoms with Gasteiger partial charge in [0, 0.05) is 17.7 Å². The highest BCUT2D eigenvalue weighted by molar-refractivity contribution is 7.89. The number of thiazole rings is 1. The Bertz CT molecular complexity index is 796. The number of aryl methyl sites for hydroxylation is 1. The van der Waals surface area contributed by atoms with Crippen molar-refractivity contribution < 1.29 is 13.2 Å². The summed E-state index contributed by atoms with van der Waals surface area (Å²) in [6, 6.07) is 6.44. The van der Waals surface area contributed by atoms with Gasteiger partial charge in [-0.05, 0) is 31.0 Å². The average molecular weight is 353 g/mol. The SMILES string of the molecule is CCCC(=O)Nc1nc(C)c(Cc2ccc(S(N)(=O)=O)cc2)s1. The molecule has 3 N–H and O–H groups in total. The summed E-state index contributed by atoms with van der Waals surface area (Å²) in [7, 11) is -3.67. The van der Waals surface area contributed by atoms with Crippen molar-refractivity contribution in [1.82, 2.24) is 4.98 Å². The number of benzene rings is 1. The molecule has 0 aliphatic heterocycles. The number of aromatic nitrogens is 1. The molecule has 0 saturated heterocycles. The first-order valence-corrected chi connectivity index (χ1v) is 9.53. The molecule has 1 heterocycles. The highest BCUT2D eigenvalue weighted by Crippen LogP contribution is 2.25. The van der Waals surface area contributed by atoms with E-state index in [1.807, 2.05) is 13.8 Å². The predicted molar refractivity (Wildman–Crippen MR) is 91.0 cm³/mol. The Labute approximate surface area is 139 Å². The third-order valence-electron chi connectivity index (χ3n) is 3.23. The molecule has 2 aromatic rings. The Morgan fingerprint density at radius 1 is 1.30 bits per heavy atom. The van der Waals surface area contributed by atoms with Crippen molar-refractivity contribution in [3.63, 3.8) is 0 Å². The molecule has 2 rings (SSSR count). The van der Waals surface area contributed by atoms with Crippen molar-refractivity contribution in [3.05, 3.63) is 40.4 Å². The van der Waals surface area contributed by atoms with Gasteiger partial charge in [-0.1, -0.05) is 19.1 Å². The molecular weight excluding hydrogens is 334 g/mol. The lowest BCUT2D eigenvalue weighted by atomic mass is 10.1. The van der Waals surface area contributed by atoms with Gasteiger partial charge in [-0.25, -0.2) is 18.5 Å². The number of nitrogens with two attached hydrogens (primary N) is 1. The maximum atomic E-state index is 11.6. The number of carbonyl (C=O) groups is 1. The fraction of sp³-hybridized carbons (Fsp3) is 0.333. The van der Waals surface area contributed by atoms with Crippen LogP contribution in [0.1, 0.15) is 35.9 Å². The summed E-state index contributed by atoms with van der Waals surface area (Å²) in [5.74, 6) is -0.0368. The van der Waals surface area contributed by atoms with Crippen LogP contribution in [-0.4, -0.2) is 19.3 Å². The van der Waals surface area contributed by atoms with Crippen LogP contribution in [0.15, 0.2) is 29.2 Å². The minimum absolute atomic E-state index is 0.0368. The monoisotopic (exact) mass is 353 g/mol. The number of primary sulfonamides is 1. The van der Waals surface area contributed by atoms with E-state index in [2.05, 4.69) is 10.3 Å². The van der Waals surface area contributed by atoms with E-state index in [0.717, 1.165) is 22.6 Å².